The summed E-state index contributed by atoms with van der Waals surface area (Å²) in [6, 6.07) is -1.89. The van der Waals surface area contributed by atoms with Crippen molar-refractivity contribution in [3.8, 4) is 0 Å². The van der Waals surface area contributed by atoms with Crippen molar-refractivity contribution in [2.75, 3.05) is 6.61 Å². The van der Waals surface area contributed by atoms with Crippen LogP contribution in [0.2, 0.25) is 0 Å². The summed E-state index contributed by atoms with van der Waals surface area (Å²) in [6.45, 7) is 1.61. The first-order valence-corrected chi connectivity index (χ1v) is 3.03. The first kappa shape index (κ1) is 9.36. The summed E-state index contributed by atoms with van der Waals surface area (Å²) in [5.74, 6) is -1.04. The molecule has 0 aliphatic heterocycles. The van der Waals surface area contributed by atoms with Crippen LogP contribution in [0.15, 0.2) is 0 Å². The van der Waals surface area contributed by atoms with Gasteiger partial charge in [0.2, 0.25) is 5.38 Å². The average molecular weight is 169 g/mol. The van der Waals surface area contributed by atoms with Gasteiger partial charge in [0.05, 0.1) is 6.61 Å². The molecule has 0 saturated heterocycles. The van der Waals surface area contributed by atoms with Crippen LogP contribution >= 0.6 is 11.6 Å². The van der Waals surface area contributed by atoms with E-state index < -0.39 is 17.4 Å². The Balaban J connectivity index is 3.82. The standard InChI is InChI=1S/C5H6ClFO3/c1-2-10-5(9)3(6)4(7)8/h3H,2H2,1H3. The quantitative estimate of drug-likeness (QED) is 0.269. The highest BCUT2D eigenvalue weighted by Gasteiger charge is 2.24. The third kappa shape index (κ3) is 2.77. The molecule has 1 unspecified atom stereocenters. The van der Waals surface area contributed by atoms with E-state index in [9.17, 15) is 14.0 Å². The lowest BCUT2D eigenvalue weighted by Gasteiger charge is -2.01. The molecule has 0 bridgehead atoms. The van der Waals surface area contributed by atoms with Crippen molar-refractivity contribution < 1.29 is 18.7 Å². The molecule has 1 atom stereocenters. The number of alkyl halides is 1. The molecule has 3 nitrogen and oxygen atoms in total. The molecule has 0 aliphatic carbocycles. The Bertz CT molecular complexity index is 148. The van der Waals surface area contributed by atoms with Crippen molar-refractivity contribution in [3.05, 3.63) is 0 Å². The van der Waals surface area contributed by atoms with E-state index in [2.05, 4.69) is 4.74 Å². The third-order valence-electron chi connectivity index (χ3n) is 0.693. The molecule has 0 heterocycles. The van der Waals surface area contributed by atoms with E-state index in [0.29, 0.717) is 0 Å². The maximum atomic E-state index is 11.6. The molecule has 0 amide bonds. The monoisotopic (exact) mass is 168 g/mol. The lowest BCUT2D eigenvalue weighted by molar-refractivity contribution is -0.147. The lowest BCUT2D eigenvalue weighted by atomic mass is 10.4. The highest BCUT2D eigenvalue weighted by molar-refractivity contribution is 6.39. The van der Waals surface area contributed by atoms with Gasteiger partial charge in [0.1, 0.15) is 0 Å². The normalized spacial score (nSPS) is 12.3. The second-order valence-electron chi connectivity index (χ2n) is 1.42. The predicted octanol–water partition coefficient (Wildman–Crippen LogP) is 0.653. The predicted molar refractivity (Wildman–Crippen MR) is 32.4 cm³/mol. The fourth-order valence-corrected chi connectivity index (χ4v) is 0.371. The molecule has 0 aromatic heterocycles. The summed E-state index contributed by atoms with van der Waals surface area (Å²) in [5, 5.41) is -1.81. The van der Waals surface area contributed by atoms with Gasteiger partial charge in [0.15, 0.2) is 0 Å². The Morgan fingerprint density at radius 3 is 2.50 bits per heavy atom. The second-order valence-corrected chi connectivity index (χ2v) is 1.86. The largest absolute Gasteiger partial charge is 0.464 e. The van der Waals surface area contributed by atoms with Gasteiger partial charge in [-0.05, 0) is 6.92 Å². The Morgan fingerprint density at radius 1 is 1.70 bits per heavy atom. The molecule has 0 aromatic rings. The minimum absolute atomic E-state index is 0.0787. The lowest BCUT2D eigenvalue weighted by Crippen LogP contribution is -2.23. The first-order chi connectivity index (χ1) is 4.59. The van der Waals surface area contributed by atoms with Crippen LogP contribution in [0.25, 0.3) is 0 Å². The number of halogens is 2. The van der Waals surface area contributed by atoms with Gasteiger partial charge < -0.3 is 4.74 Å². The number of esters is 1. The Labute approximate surface area is 62.1 Å². The van der Waals surface area contributed by atoms with E-state index in [1.165, 1.54) is 6.92 Å². The van der Waals surface area contributed by atoms with Gasteiger partial charge in [0.25, 0.3) is 0 Å². The van der Waals surface area contributed by atoms with Crippen molar-refractivity contribution >= 4 is 23.6 Å². The van der Waals surface area contributed by atoms with E-state index in [-0.39, 0.29) is 6.61 Å². The van der Waals surface area contributed by atoms with Crippen LogP contribution in [0, 0.1) is 0 Å². The summed E-state index contributed by atoms with van der Waals surface area (Å²) in [7, 11) is 0. The van der Waals surface area contributed by atoms with Crippen LogP contribution in [0.5, 0.6) is 0 Å². The molecular weight excluding hydrogens is 163 g/mol. The number of hydrogen-bond acceptors (Lipinski definition) is 3. The summed E-state index contributed by atoms with van der Waals surface area (Å²) in [4.78, 5) is 20.1. The van der Waals surface area contributed by atoms with Crippen LogP contribution in [0.4, 0.5) is 4.39 Å². The Kier molecular flexibility index (Phi) is 3.95. The van der Waals surface area contributed by atoms with Gasteiger partial charge in [-0.15, -0.1) is 0 Å². The number of ether oxygens (including phenoxy) is 1. The highest BCUT2D eigenvalue weighted by atomic mass is 35.5. The minimum Gasteiger partial charge on any atom is -0.464 e. The molecule has 0 spiro atoms. The zero-order chi connectivity index (χ0) is 8.15. The molecule has 0 rings (SSSR count). The third-order valence-corrected chi connectivity index (χ3v) is 1.04. The van der Waals surface area contributed by atoms with Gasteiger partial charge >= 0.3 is 12.0 Å². The van der Waals surface area contributed by atoms with Crippen molar-refractivity contribution in [1.82, 2.24) is 0 Å². The zero-order valence-corrected chi connectivity index (χ0v) is 6.02. The van der Waals surface area contributed by atoms with Gasteiger partial charge in [-0.3, -0.25) is 4.79 Å². The molecule has 5 heteroatoms. The number of rotatable bonds is 3. The Morgan fingerprint density at radius 2 is 2.20 bits per heavy atom. The summed E-state index contributed by atoms with van der Waals surface area (Å²) in [6.07, 6.45) is 0. The minimum atomic E-state index is -1.89. The van der Waals surface area contributed by atoms with E-state index in [1.807, 2.05) is 0 Å². The number of carbonyl (C=O) groups is 2. The van der Waals surface area contributed by atoms with Crippen LogP contribution < -0.4 is 0 Å². The summed E-state index contributed by atoms with van der Waals surface area (Å²) >= 11 is 4.95. The molecule has 58 valence electrons. The van der Waals surface area contributed by atoms with Crippen LogP contribution in [-0.2, 0) is 14.3 Å². The fraction of sp³-hybridized carbons (Fsp3) is 0.600. The molecule has 0 radical (unpaired) electrons. The molecular formula is C5H6ClFO3. The van der Waals surface area contributed by atoms with E-state index in [4.69, 9.17) is 11.6 Å². The molecule has 0 fully saturated rings. The number of hydrogen-bond donors (Lipinski definition) is 0. The number of carbonyl (C=O) groups excluding carboxylic acids is 2. The van der Waals surface area contributed by atoms with E-state index >= 15 is 0 Å². The van der Waals surface area contributed by atoms with Crippen LogP contribution in [0.3, 0.4) is 0 Å². The summed E-state index contributed by atoms with van der Waals surface area (Å²) in [5.41, 5.74) is 0. The van der Waals surface area contributed by atoms with Gasteiger partial charge in [-0.1, -0.05) is 11.6 Å². The first-order valence-electron chi connectivity index (χ1n) is 2.59. The molecule has 0 N–H and O–H groups in total. The maximum absolute atomic E-state index is 11.6. The molecule has 10 heavy (non-hydrogen) atoms. The van der Waals surface area contributed by atoms with Crippen molar-refractivity contribution in [1.29, 1.82) is 0 Å². The fourth-order valence-electron chi connectivity index (χ4n) is 0.308. The smallest absolute Gasteiger partial charge is 0.334 e. The maximum Gasteiger partial charge on any atom is 0.334 e. The molecule has 0 aromatic carbocycles. The SMILES string of the molecule is CCOC(=O)C(Cl)C(=O)F. The van der Waals surface area contributed by atoms with E-state index in [0.717, 1.165) is 0 Å². The van der Waals surface area contributed by atoms with Gasteiger partial charge in [-0.25, -0.2) is 4.79 Å². The molecule has 0 saturated carbocycles. The highest BCUT2D eigenvalue weighted by Crippen LogP contribution is 2.00. The van der Waals surface area contributed by atoms with Crippen LogP contribution in [0.1, 0.15) is 6.92 Å². The average Bonchev–Trinajstić information content (AvgIpc) is 1.87. The van der Waals surface area contributed by atoms with E-state index in [1.54, 1.807) is 0 Å². The zero-order valence-electron chi connectivity index (χ0n) is 5.27. The van der Waals surface area contributed by atoms with Crippen molar-refractivity contribution in [2.45, 2.75) is 12.3 Å². The van der Waals surface area contributed by atoms with Crippen molar-refractivity contribution in [3.63, 3.8) is 0 Å². The van der Waals surface area contributed by atoms with Gasteiger partial charge in [0, 0.05) is 0 Å². The topological polar surface area (TPSA) is 43.4 Å². The van der Waals surface area contributed by atoms with Gasteiger partial charge in [-0.2, -0.15) is 4.39 Å². The Hall–Kier alpha value is -0.640. The molecule has 0 aliphatic rings. The van der Waals surface area contributed by atoms with Crippen LogP contribution in [-0.4, -0.2) is 24.0 Å². The van der Waals surface area contributed by atoms with Crippen molar-refractivity contribution in [2.24, 2.45) is 0 Å². The summed E-state index contributed by atoms with van der Waals surface area (Å²) < 4.78 is 15.8. The second kappa shape index (κ2) is 4.22.